The highest BCUT2D eigenvalue weighted by Gasteiger charge is 2.29. The normalized spacial score (nSPS) is 14.7. The van der Waals surface area contributed by atoms with Gasteiger partial charge in [0, 0.05) is 18.2 Å². The van der Waals surface area contributed by atoms with Gasteiger partial charge in [0.05, 0.1) is 7.11 Å². The first-order valence-electron chi connectivity index (χ1n) is 9.54. The zero-order valence-corrected chi connectivity index (χ0v) is 17.5. The Balaban J connectivity index is 1.58. The zero-order valence-electron chi connectivity index (χ0n) is 16.7. The molecule has 9 heteroatoms. The fraction of sp³-hybridized carbons (Fsp3) is 0.400. The van der Waals surface area contributed by atoms with E-state index >= 15 is 0 Å². The Morgan fingerprint density at radius 2 is 2.07 bits per heavy atom. The number of benzene rings is 1. The molecule has 1 fully saturated rings. The van der Waals surface area contributed by atoms with Gasteiger partial charge in [-0.1, -0.05) is 18.6 Å². The Morgan fingerprint density at radius 3 is 2.76 bits per heavy atom. The van der Waals surface area contributed by atoms with Crippen LogP contribution in [-0.2, 0) is 16.6 Å². The molecule has 0 aliphatic heterocycles. The SMILES string of the molecule is COc1cccc(CNS(=O)(=O)c2c(C)[nH]c(-c3nnc(C4CCC4)o3)c2C)c1. The van der Waals surface area contributed by atoms with Crippen LogP contribution in [0.2, 0.25) is 0 Å². The number of aromatic nitrogens is 3. The Hall–Kier alpha value is -2.65. The van der Waals surface area contributed by atoms with E-state index in [-0.39, 0.29) is 11.4 Å². The van der Waals surface area contributed by atoms with Crippen LogP contribution in [0.1, 0.15) is 47.9 Å². The van der Waals surface area contributed by atoms with Gasteiger partial charge in [0.15, 0.2) is 0 Å². The molecule has 1 aliphatic rings. The van der Waals surface area contributed by atoms with E-state index in [4.69, 9.17) is 9.15 Å². The van der Waals surface area contributed by atoms with Crippen molar-refractivity contribution in [1.82, 2.24) is 19.9 Å². The van der Waals surface area contributed by atoms with Gasteiger partial charge < -0.3 is 14.1 Å². The van der Waals surface area contributed by atoms with E-state index in [1.54, 1.807) is 27.0 Å². The molecular formula is C20H24N4O4S. The summed E-state index contributed by atoms with van der Waals surface area (Å²) in [6.45, 7) is 3.62. The first-order chi connectivity index (χ1) is 13.9. The van der Waals surface area contributed by atoms with Gasteiger partial charge in [-0.15, -0.1) is 10.2 Å². The molecule has 2 aromatic heterocycles. The lowest BCUT2D eigenvalue weighted by Crippen LogP contribution is -2.24. The molecule has 0 bridgehead atoms. The zero-order chi connectivity index (χ0) is 20.6. The standard InChI is InChI=1S/C20H24N4O4S/c1-12-17(20-24-23-19(28-20)15-7-5-8-15)22-13(2)18(12)29(25,26)21-11-14-6-4-9-16(10-14)27-3/h4,6,9-10,15,21-22H,5,7-8,11H2,1-3H3. The molecule has 1 saturated carbocycles. The topological polar surface area (TPSA) is 110 Å². The van der Waals surface area contributed by atoms with Gasteiger partial charge in [0.2, 0.25) is 15.9 Å². The minimum atomic E-state index is -3.74. The highest BCUT2D eigenvalue weighted by atomic mass is 32.2. The first kappa shape index (κ1) is 19.7. The molecule has 2 N–H and O–H groups in total. The molecule has 0 unspecified atom stereocenters. The number of aryl methyl sites for hydroxylation is 1. The Labute approximate surface area is 169 Å². The average molecular weight is 417 g/mol. The summed E-state index contributed by atoms with van der Waals surface area (Å²) in [4.78, 5) is 3.31. The van der Waals surface area contributed by atoms with Crippen molar-refractivity contribution in [3.8, 4) is 17.3 Å². The van der Waals surface area contributed by atoms with Gasteiger partial charge in [-0.2, -0.15) is 0 Å². The molecule has 1 aromatic carbocycles. The Morgan fingerprint density at radius 1 is 1.28 bits per heavy atom. The van der Waals surface area contributed by atoms with Gasteiger partial charge in [0.25, 0.3) is 5.89 Å². The van der Waals surface area contributed by atoms with Crippen molar-refractivity contribution in [3.63, 3.8) is 0 Å². The average Bonchev–Trinajstić information content (AvgIpc) is 3.23. The summed E-state index contributed by atoms with van der Waals surface area (Å²) in [6, 6.07) is 7.27. The van der Waals surface area contributed by atoms with E-state index in [1.165, 1.54) is 6.42 Å². The van der Waals surface area contributed by atoms with Crippen molar-refractivity contribution in [2.24, 2.45) is 0 Å². The summed E-state index contributed by atoms with van der Waals surface area (Å²) < 4.78 is 39.6. The smallest absolute Gasteiger partial charge is 0.264 e. The van der Waals surface area contributed by atoms with Gasteiger partial charge in [0.1, 0.15) is 16.3 Å². The van der Waals surface area contributed by atoms with Crippen LogP contribution in [0.25, 0.3) is 11.6 Å². The Bertz CT molecular complexity index is 1130. The third-order valence-corrected chi connectivity index (χ3v) is 7.02. The second-order valence-corrected chi connectivity index (χ2v) is 9.03. The molecule has 0 amide bonds. The summed E-state index contributed by atoms with van der Waals surface area (Å²) in [5.74, 6) is 1.94. The van der Waals surface area contributed by atoms with Crippen molar-refractivity contribution >= 4 is 10.0 Å². The summed E-state index contributed by atoms with van der Waals surface area (Å²) in [6.07, 6.45) is 3.28. The number of hydrogen-bond donors (Lipinski definition) is 2. The third kappa shape index (κ3) is 3.79. The van der Waals surface area contributed by atoms with Crippen LogP contribution in [-0.4, -0.2) is 30.7 Å². The molecular weight excluding hydrogens is 392 g/mol. The van der Waals surface area contributed by atoms with Crippen LogP contribution in [0.4, 0.5) is 0 Å². The predicted molar refractivity (Wildman–Crippen MR) is 107 cm³/mol. The maximum Gasteiger partial charge on any atom is 0.264 e. The summed E-state index contributed by atoms with van der Waals surface area (Å²) in [5, 5.41) is 8.26. The number of ether oxygens (including phenoxy) is 1. The third-order valence-electron chi connectivity index (χ3n) is 5.35. The number of sulfonamides is 1. The van der Waals surface area contributed by atoms with Gasteiger partial charge >= 0.3 is 0 Å². The van der Waals surface area contributed by atoms with Crippen LogP contribution < -0.4 is 9.46 Å². The number of hydrogen-bond acceptors (Lipinski definition) is 6. The lowest BCUT2D eigenvalue weighted by Gasteiger charge is -2.20. The minimum absolute atomic E-state index is 0.158. The molecule has 2 heterocycles. The maximum absolute atomic E-state index is 13.0. The summed E-state index contributed by atoms with van der Waals surface area (Å²) >= 11 is 0. The minimum Gasteiger partial charge on any atom is -0.497 e. The molecule has 4 rings (SSSR count). The van der Waals surface area contributed by atoms with E-state index in [1.807, 2.05) is 18.2 Å². The van der Waals surface area contributed by atoms with E-state index < -0.39 is 10.0 Å². The quantitative estimate of drug-likeness (QED) is 0.610. The van der Waals surface area contributed by atoms with Crippen LogP contribution in [0, 0.1) is 13.8 Å². The van der Waals surface area contributed by atoms with E-state index in [2.05, 4.69) is 19.9 Å². The number of methoxy groups -OCH3 is 1. The van der Waals surface area contributed by atoms with E-state index in [0.717, 1.165) is 18.4 Å². The largest absolute Gasteiger partial charge is 0.497 e. The highest BCUT2D eigenvalue weighted by Crippen LogP contribution is 2.37. The molecule has 0 spiro atoms. The summed E-state index contributed by atoms with van der Waals surface area (Å²) in [7, 11) is -2.17. The van der Waals surface area contributed by atoms with Crippen LogP contribution in [0.15, 0.2) is 33.6 Å². The van der Waals surface area contributed by atoms with Crippen LogP contribution in [0.5, 0.6) is 5.75 Å². The van der Waals surface area contributed by atoms with Gasteiger partial charge in [-0.05, 0) is 49.9 Å². The molecule has 154 valence electrons. The Kier molecular flexibility index (Phi) is 5.18. The van der Waals surface area contributed by atoms with Crippen molar-refractivity contribution < 1.29 is 17.6 Å². The lowest BCUT2D eigenvalue weighted by atomic mass is 9.85. The van der Waals surface area contributed by atoms with E-state index in [0.29, 0.717) is 40.4 Å². The number of nitrogens with one attached hydrogen (secondary N) is 2. The van der Waals surface area contributed by atoms with E-state index in [9.17, 15) is 8.42 Å². The molecule has 0 radical (unpaired) electrons. The predicted octanol–water partition coefficient (Wildman–Crippen LogP) is 3.44. The van der Waals surface area contributed by atoms with Crippen LogP contribution in [0.3, 0.4) is 0 Å². The second kappa shape index (κ2) is 7.64. The van der Waals surface area contributed by atoms with Crippen molar-refractivity contribution in [3.05, 3.63) is 47.0 Å². The lowest BCUT2D eigenvalue weighted by molar-refractivity contribution is 0.338. The molecule has 0 saturated heterocycles. The monoisotopic (exact) mass is 416 g/mol. The maximum atomic E-state index is 13.0. The molecule has 8 nitrogen and oxygen atoms in total. The van der Waals surface area contributed by atoms with Crippen molar-refractivity contribution in [1.29, 1.82) is 0 Å². The fourth-order valence-corrected chi connectivity index (χ4v) is 5.00. The molecule has 29 heavy (non-hydrogen) atoms. The molecule has 3 aromatic rings. The van der Waals surface area contributed by atoms with Gasteiger partial charge in [-0.3, -0.25) is 0 Å². The number of rotatable bonds is 7. The number of H-pyrrole nitrogens is 1. The molecule has 1 aliphatic carbocycles. The highest BCUT2D eigenvalue weighted by molar-refractivity contribution is 7.89. The fourth-order valence-electron chi connectivity index (χ4n) is 3.54. The second-order valence-electron chi connectivity index (χ2n) is 7.33. The van der Waals surface area contributed by atoms with Crippen molar-refractivity contribution in [2.45, 2.75) is 50.5 Å². The van der Waals surface area contributed by atoms with Gasteiger partial charge in [-0.25, -0.2) is 13.1 Å². The van der Waals surface area contributed by atoms with Crippen molar-refractivity contribution in [2.75, 3.05) is 7.11 Å². The van der Waals surface area contributed by atoms with Crippen LogP contribution >= 0.6 is 0 Å². The molecule has 0 atom stereocenters. The number of nitrogens with zero attached hydrogens (tertiary/aromatic N) is 2. The number of aromatic amines is 1. The first-order valence-corrected chi connectivity index (χ1v) is 11.0. The summed E-state index contributed by atoms with van der Waals surface area (Å²) in [5.41, 5.74) is 2.44.